The number of hydrogen-bond acceptors (Lipinski definition) is 5. The van der Waals surface area contributed by atoms with Gasteiger partial charge in [0, 0.05) is 31.5 Å². The van der Waals surface area contributed by atoms with Crippen molar-refractivity contribution in [1.29, 1.82) is 0 Å². The second-order valence-electron chi connectivity index (χ2n) is 4.48. The Balaban J connectivity index is 1.78. The van der Waals surface area contributed by atoms with E-state index in [1.165, 1.54) is 10.6 Å². The first-order valence-electron chi connectivity index (χ1n) is 6.00. The van der Waals surface area contributed by atoms with Crippen molar-refractivity contribution in [1.82, 2.24) is 19.6 Å². The molecule has 0 saturated carbocycles. The zero-order chi connectivity index (χ0) is 13.0. The zero-order valence-corrected chi connectivity index (χ0v) is 11.2. The Hall–Kier alpha value is -1.05. The monoisotopic (exact) mass is 270 g/mol. The first-order chi connectivity index (χ1) is 8.55. The maximum absolute atomic E-state index is 11.4. The van der Waals surface area contributed by atoms with Gasteiger partial charge in [-0.25, -0.2) is 22.7 Å². The number of sulfonamides is 1. The summed E-state index contributed by atoms with van der Waals surface area (Å²) in [6.45, 7) is 1.81. The van der Waals surface area contributed by atoms with E-state index in [-0.39, 0.29) is 0 Å². The maximum atomic E-state index is 11.4. The van der Waals surface area contributed by atoms with Crippen LogP contribution in [0.2, 0.25) is 0 Å². The normalized spacial score (nSPS) is 18.9. The Morgan fingerprint density at radius 3 is 2.50 bits per heavy atom. The van der Waals surface area contributed by atoms with Crippen molar-refractivity contribution in [3.8, 4) is 0 Å². The fraction of sp³-hybridized carbons (Fsp3) is 0.636. The van der Waals surface area contributed by atoms with Gasteiger partial charge in [0.15, 0.2) is 0 Å². The smallest absolute Gasteiger partial charge is 0.211 e. The summed E-state index contributed by atoms with van der Waals surface area (Å²) < 4.78 is 24.2. The quantitative estimate of drug-likeness (QED) is 0.833. The van der Waals surface area contributed by atoms with Crippen LogP contribution in [0.15, 0.2) is 18.5 Å². The van der Waals surface area contributed by atoms with Crippen molar-refractivity contribution < 1.29 is 8.42 Å². The molecule has 1 aliphatic heterocycles. The fourth-order valence-corrected chi connectivity index (χ4v) is 2.92. The predicted octanol–water partition coefficient (Wildman–Crippen LogP) is -0.00980. The van der Waals surface area contributed by atoms with Gasteiger partial charge < -0.3 is 5.32 Å². The third kappa shape index (κ3) is 3.72. The summed E-state index contributed by atoms with van der Waals surface area (Å²) in [4.78, 5) is 8.27. The average molecular weight is 270 g/mol. The zero-order valence-electron chi connectivity index (χ0n) is 10.4. The average Bonchev–Trinajstić information content (AvgIpc) is 2.37. The van der Waals surface area contributed by atoms with Crippen molar-refractivity contribution in [2.45, 2.75) is 25.4 Å². The lowest BCUT2D eigenvalue weighted by molar-refractivity contribution is 0.289. The highest BCUT2D eigenvalue weighted by molar-refractivity contribution is 7.88. The molecule has 2 heterocycles. The third-order valence-corrected chi connectivity index (χ3v) is 4.39. The molecule has 0 aromatic carbocycles. The van der Waals surface area contributed by atoms with Crippen LogP contribution in [0.3, 0.4) is 0 Å². The molecule has 7 heteroatoms. The summed E-state index contributed by atoms with van der Waals surface area (Å²) in [5.74, 6) is 0.767. The summed E-state index contributed by atoms with van der Waals surface area (Å²) in [6.07, 6.45) is 6.37. The van der Waals surface area contributed by atoms with Gasteiger partial charge in [-0.2, -0.15) is 0 Å². The van der Waals surface area contributed by atoms with Crippen LogP contribution >= 0.6 is 0 Å². The van der Waals surface area contributed by atoms with Crippen LogP contribution in [0.4, 0.5) is 0 Å². The topological polar surface area (TPSA) is 75.2 Å². The van der Waals surface area contributed by atoms with Crippen LogP contribution < -0.4 is 5.32 Å². The third-order valence-electron chi connectivity index (χ3n) is 3.09. The second kappa shape index (κ2) is 5.73. The SMILES string of the molecule is CS(=O)(=O)N1CCC(NCc2ncccn2)CC1. The van der Waals surface area contributed by atoms with Gasteiger partial charge in [0.25, 0.3) is 0 Å². The van der Waals surface area contributed by atoms with Gasteiger partial charge in [-0.15, -0.1) is 0 Å². The highest BCUT2D eigenvalue weighted by Crippen LogP contribution is 2.13. The van der Waals surface area contributed by atoms with Crippen molar-refractivity contribution in [3.63, 3.8) is 0 Å². The molecule has 0 bridgehead atoms. The Bertz CT molecular complexity index is 469. The van der Waals surface area contributed by atoms with E-state index >= 15 is 0 Å². The Morgan fingerprint density at radius 2 is 1.94 bits per heavy atom. The van der Waals surface area contributed by atoms with E-state index in [9.17, 15) is 8.42 Å². The first-order valence-corrected chi connectivity index (χ1v) is 7.85. The molecule has 0 unspecified atom stereocenters. The standard InChI is InChI=1S/C11H18N4O2S/c1-18(16,17)15-7-3-10(4-8-15)14-9-11-12-5-2-6-13-11/h2,5-6,10,14H,3-4,7-9H2,1H3. The van der Waals surface area contributed by atoms with Gasteiger partial charge in [-0.3, -0.25) is 0 Å². The van der Waals surface area contributed by atoms with E-state index in [0.29, 0.717) is 25.7 Å². The summed E-state index contributed by atoms with van der Waals surface area (Å²) in [5, 5.41) is 3.36. The van der Waals surface area contributed by atoms with Gasteiger partial charge >= 0.3 is 0 Å². The van der Waals surface area contributed by atoms with Crippen LogP contribution in [0.5, 0.6) is 0 Å². The molecular formula is C11H18N4O2S. The van der Waals surface area contributed by atoms with Crippen molar-refractivity contribution in [3.05, 3.63) is 24.3 Å². The maximum Gasteiger partial charge on any atom is 0.211 e. The predicted molar refractivity (Wildman–Crippen MR) is 68.3 cm³/mol. The molecule has 0 spiro atoms. The number of nitrogens with zero attached hydrogens (tertiary/aromatic N) is 3. The fourth-order valence-electron chi connectivity index (χ4n) is 2.05. The molecule has 1 aromatic heterocycles. The molecule has 1 fully saturated rings. The van der Waals surface area contributed by atoms with Crippen LogP contribution in [-0.4, -0.2) is 48.1 Å². The molecule has 0 atom stereocenters. The minimum atomic E-state index is -3.04. The lowest BCUT2D eigenvalue weighted by atomic mass is 10.1. The van der Waals surface area contributed by atoms with Crippen LogP contribution in [0.1, 0.15) is 18.7 Å². The van der Waals surface area contributed by atoms with Gasteiger partial charge in [0.1, 0.15) is 5.82 Å². The Labute approximate surface area is 107 Å². The molecule has 1 N–H and O–H groups in total. The molecule has 100 valence electrons. The first kappa shape index (κ1) is 13.4. The Kier molecular flexibility index (Phi) is 4.26. The molecule has 0 radical (unpaired) electrons. The number of hydrogen-bond donors (Lipinski definition) is 1. The largest absolute Gasteiger partial charge is 0.307 e. The van der Waals surface area contributed by atoms with Crippen LogP contribution in [0, 0.1) is 0 Å². The van der Waals surface area contributed by atoms with Crippen molar-refractivity contribution >= 4 is 10.0 Å². The molecule has 6 nitrogen and oxygen atoms in total. The van der Waals surface area contributed by atoms with Crippen molar-refractivity contribution in [2.24, 2.45) is 0 Å². The lowest BCUT2D eigenvalue weighted by Gasteiger charge is -2.30. The van der Waals surface area contributed by atoms with E-state index in [1.54, 1.807) is 18.5 Å². The summed E-state index contributed by atoms with van der Waals surface area (Å²) >= 11 is 0. The molecular weight excluding hydrogens is 252 g/mol. The molecule has 18 heavy (non-hydrogen) atoms. The second-order valence-corrected chi connectivity index (χ2v) is 6.46. The van der Waals surface area contributed by atoms with Gasteiger partial charge in [-0.1, -0.05) is 0 Å². The summed E-state index contributed by atoms with van der Waals surface area (Å²) in [6, 6.07) is 2.13. The van der Waals surface area contributed by atoms with Crippen molar-refractivity contribution in [2.75, 3.05) is 19.3 Å². The van der Waals surface area contributed by atoms with E-state index in [4.69, 9.17) is 0 Å². The van der Waals surface area contributed by atoms with E-state index in [1.807, 2.05) is 0 Å². The molecule has 2 rings (SSSR count). The number of piperidine rings is 1. The van der Waals surface area contributed by atoms with Gasteiger partial charge in [0.05, 0.1) is 12.8 Å². The Morgan fingerprint density at radius 1 is 1.33 bits per heavy atom. The molecule has 0 aliphatic carbocycles. The number of nitrogens with one attached hydrogen (secondary N) is 1. The van der Waals surface area contributed by atoms with E-state index in [0.717, 1.165) is 18.7 Å². The summed E-state index contributed by atoms with van der Waals surface area (Å²) in [5.41, 5.74) is 0. The molecule has 1 saturated heterocycles. The minimum Gasteiger partial charge on any atom is -0.307 e. The minimum absolute atomic E-state index is 0.340. The molecule has 0 amide bonds. The number of aromatic nitrogens is 2. The van der Waals surface area contributed by atoms with E-state index in [2.05, 4.69) is 15.3 Å². The summed E-state index contributed by atoms with van der Waals surface area (Å²) in [7, 11) is -3.04. The lowest BCUT2D eigenvalue weighted by Crippen LogP contribution is -2.44. The van der Waals surface area contributed by atoms with Crippen LogP contribution in [0.25, 0.3) is 0 Å². The van der Waals surface area contributed by atoms with Gasteiger partial charge in [0.2, 0.25) is 10.0 Å². The molecule has 1 aliphatic rings. The highest BCUT2D eigenvalue weighted by atomic mass is 32.2. The van der Waals surface area contributed by atoms with Gasteiger partial charge in [-0.05, 0) is 18.9 Å². The van der Waals surface area contributed by atoms with E-state index < -0.39 is 10.0 Å². The molecule has 1 aromatic rings. The number of rotatable bonds is 4. The van der Waals surface area contributed by atoms with Crippen LogP contribution in [-0.2, 0) is 16.6 Å². The highest BCUT2D eigenvalue weighted by Gasteiger charge is 2.24.